The first-order valence-electron chi connectivity index (χ1n) is 3.82. The van der Waals surface area contributed by atoms with E-state index in [1.54, 1.807) is 12.1 Å². The van der Waals surface area contributed by atoms with E-state index < -0.39 is 0 Å². The summed E-state index contributed by atoms with van der Waals surface area (Å²) in [5.41, 5.74) is 1.11. The molecule has 1 aliphatic rings. The molecule has 0 aliphatic carbocycles. The molecule has 0 unspecified atom stereocenters. The van der Waals surface area contributed by atoms with Crippen molar-refractivity contribution in [2.24, 2.45) is 0 Å². The van der Waals surface area contributed by atoms with Crippen molar-refractivity contribution in [1.29, 1.82) is 0 Å². The zero-order valence-corrected chi connectivity index (χ0v) is 6.49. The van der Waals surface area contributed by atoms with Crippen LogP contribution >= 0.6 is 0 Å². The Balaban J connectivity index is 2.18. The van der Waals surface area contributed by atoms with Gasteiger partial charge in [-0.1, -0.05) is 12.1 Å². The third kappa shape index (κ3) is 1.21. The zero-order chi connectivity index (χ0) is 8.39. The number of phenolic OH excluding ortho intramolecular Hbond substituents is 1. The molecule has 1 aliphatic heterocycles. The van der Waals surface area contributed by atoms with Gasteiger partial charge in [-0.2, -0.15) is 0 Å². The minimum absolute atomic E-state index is 0.144. The van der Waals surface area contributed by atoms with Crippen molar-refractivity contribution >= 4 is 0 Å². The van der Waals surface area contributed by atoms with E-state index in [0.717, 1.165) is 5.56 Å². The van der Waals surface area contributed by atoms with E-state index in [0.29, 0.717) is 5.75 Å². The third-order valence-electron chi connectivity index (χ3n) is 1.84. The van der Waals surface area contributed by atoms with Crippen molar-refractivity contribution in [3.63, 3.8) is 0 Å². The van der Waals surface area contributed by atoms with E-state index in [4.69, 9.17) is 5.11 Å². The molecule has 3 N–H and O–H groups in total. The minimum atomic E-state index is 0.144. The van der Waals surface area contributed by atoms with E-state index in [-0.39, 0.29) is 6.17 Å². The van der Waals surface area contributed by atoms with Gasteiger partial charge in [-0.15, -0.1) is 0 Å². The number of phenols is 1. The van der Waals surface area contributed by atoms with Crippen molar-refractivity contribution in [2.45, 2.75) is 6.17 Å². The van der Waals surface area contributed by atoms with Gasteiger partial charge in [0.1, 0.15) is 11.9 Å². The second kappa shape index (κ2) is 2.77. The van der Waals surface area contributed by atoms with Crippen molar-refractivity contribution in [2.75, 3.05) is 0 Å². The fraction of sp³-hybridized carbons (Fsp3) is 0.111. The van der Waals surface area contributed by atoms with Gasteiger partial charge >= 0.3 is 0 Å². The Morgan fingerprint density at radius 1 is 1.00 bits per heavy atom. The molecule has 1 aromatic carbocycles. The van der Waals surface area contributed by atoms with Crippen molar-refractivity contribution in [3.8, 4) is 5.75 Å². The van der Waals surface area contributed by atoms with Crippen LogP contribution in [0.4, 0.5) is 0 Å². The van der Waals surface area contributed by atoms with E-state index >= 15 is 0 Å². The molecule has 0 amide bonds. The highest BCUT2D eigenvalue weighted by atomic mass is 16.3. The van der Waals surface area contributed by atoms with Crippen LogP contribution in [0.25, 0.3) is 0 Å². The summed E-state index contributed by atoms with van der Waals surface area (Å²) >= 11 is 0. The van der Waals surface area contributed by atoms with Crippen LogP contribution in [0.5, 0.6) is 5.75 Å². The molecule has 0 bridgehead atoms. The molecule has 1 aromatic rings. The lowest BCUT2D eigenvalue weighted by Gasteiger charge is -2.11. The monoisotopic (exact) mass is 162 g/mol. The largest absolute Gasteiger partial charge is 0.508 e. The van der Waals surface area contributed by atoms with Crippen LogP contribution in [-0.2, 0) is 0 Å². The van der Waals surface area contributed by atoms with Gasteiger partial charge in [0, 0.05) is 12.4 Å². The summed E-state index contributed by atoms with van der Waals surface area (Å²) in [6, 6.07) is 7.12. The number of hydrogen-bond donors (Lipinski definition) is 3. The van der Waals surface area contributed by atoms with E-state index in [2.05, 4.69) is 10.6 Å². The third-order valence-corrected chi connectivity index (χ3v) is 1.84. The van der Waals surface area contributed by atoms with Crippen LogP contribution in [0.15, 0.2) is 36.7 Å². The van der Waals surface area contributed by atoms with Crippen LogP contribution < -0.4 is 10.6 Å². The highest BCUT2D eigenvalue weighted by molar-refractivity contribution is 5.28. The molecule has 3 heteroatoms. The lowest BCUT2D eigenvalue weighted by molar-refractivity contribution is 0.474. The van der Waals surface area contributed by atoms with Gasteiger partial charge in [-0.3, -0.25) is 0 Å². The Morgan fingerprint density at radius 2 is 1.58 bits per heavy atom. The molecule has 0 fully saturated rings. The topological polar surface area (TPSA) is 44.3 Å². The normalized spacial score (nSPS) is 15.7. The van der Waals surface area contributed by atoms with Crippen LogP contribution in [0.1, 0.15) is 11.7 Å². The van der Waals surface area contributed by atoms with Crippen molar-refractivity contribution in [1.82, 2.24) is 10.6 Å². The molecule has 0 radical (unpaired) electrons. The van der Waals surface area contributed by atoms with Crippen LogP contribution in [0.3, 0.4) is 0 Å². The van der Waals surface area contributed by atoms with E-state index in [1.807, 2.05) is 24.5 Å². The molecule has 0 spiro atoms. The summed E-state index contributed by atoms with van der Waals surface area (Å²) in [5.74, 6) is 0.296. The minimum Gasteiger partial charge on any atom is -0.508 e. The summed E-state index contributed by atoms with van der Waals surface area (Å²) in [6.07, 6.45) is 3.86. The summed E-state index contributed by atoms with van der Waals surface area (Å²) in [5, 5.41) is 15.3. The number of nitrogens with one attached hydrogen (secondary N) is 2. The smallest absolute Gasteiger partial charge is 0.122 e. The van der Waals surface area contributed by atoms with Gasteiger partial charge in [0.25, 0.3) is 0 Å². The first-order chi connectivity index (χ1) is 5.86. The Kier molecular flexibility index (Phi) is 1.63. The highest BCUT2D eigenvalue weighted by Crippen LogP contribution is 2.16. The first kappa shape index (κ1) is 7.03. The predicted octanol–water partition coefficient (Wildman–Crippen LogP) is 1.05. The van der Waals surface area contributed by atoms with Gasteiger partial charge in [-0.25, -0.2) is 0 Å². The molecule has 62 valence electrons. The summed E-state index contributed by atoms with van der Waals surface area (Å²) in [4.78, 5) is 0. The maximum Gasteiger partial charge on any atom is 0.122 e. The molecule has 0 atom stereocenters. The van der Waals surface area contributed by atoms with Gasteiger partial charge in [0.15, 0.2) is 0 Å². The molecular formula is C9H10N2O. The molecule has 1 heterocycles. The fourth-order valence-corrected chi connectivity index (χ4v) is 1.20. The molecule has 0 saturated carbocycles. The number of benzene rings is 1. The standard InChI is InChI=1S/C9H10N2O/c12-8-3-1-7(2-4-8)9-10-5-6-11-9/h1-6,9-12H. The maximum atomic E-state index is 9.04. The number of rotatable bonds is 1. The zero-order valence-electron chi connectivity index (χ0n) is 6.49. The quantitative estimate of drug-likeness (QED) is 0.578. The fourth-order valence-electron chi connectivity index (χ4n) is 1.20. The summed E-state index contributed by atoms with van der Waals surface area (Å²) in [7, 11) is 0. The maximum absolute atomic E-state index is 9.04. The Bertz CT molecular complexity index is 284. The average molecular weight is 162 g/mol. The molecule has 12 heavy (non-hydrogen) atoms. The Hall–Kier alpha value is -1.64. The van der Waals surface area contributed by atoms with Crippen molar-refractivity contribution < 1.29 is 5.11 Å². The molecule has 0 aromatic heterocycles. The van der Waals surface area contributed by atoms with Crippen molar-refractivity contribution in [3.05, 3.63) is 42.2 Å². The van der Waals surface area contributed by atoms with Gasteiger partial charge in [0.2, 0.25) is 0 Å². The van der Waals surface area contributed by atoms with Gasteiger partial charge in [0.05, 0.1) is 0 Å². The van der Waals surface area contributed by atoms with Gasteiger partial charge < -0.3 is 15.7 Å². The molecular weight excluding hydrogens is 152 g/mol. The van der Waals surface area contributed by atoms with Crippen LogP contribution in [-0.4, -0.2) is 5.11 Å². The summed E-state index contributed by atoms with van der Waals surface area (Å²) in [6.45, 7) is 0. The predicted molar refractivity (Wildman–Crippen MR) is 46.3 cm³/mol. The second-order valence-electron chi connectivity index (χ2n) is 2.69. The summed E-state index contributed by atoms with van der Waals surface area (Å²) < 4.78 is 0. The van der Waals surface area contributed by atoms with Gasteiger partial charge in [-0.05, 0) is 17.7 Å². The Morgan fingerprint density at radius 3 is 2.17 bits per heavy atom. The average Bonchev–Trinajstić information content (AvgIpc) is 2.58. The lowest BCUT2D eigenvalue weighted by atomic mass is 10.2. The molecule has 0 saturated heterocycles. The first-order valence-corrected chi connectivity index (χ1v) is 3.82. The highest BCUT2D eigenvalue weighted by Gasteiger charge is 2.09. The van der Waals surface area contributed by atoms with Crippen LogP contribution in [0, 0.1) is 0 Å². The van der Waals surface area contributed by atoms with Crippen LogP contribution in [0.2, 0.25) is 0 Å². The Labute approximate surface area is 70.7 Å². The van der Waals surface area contributed by atoms with E-state index in [1.165, 1.54) is 0 Å². The number of hydrogen-bond acceptors (Lipinski definition) is 3. The SMILES string of the molecule is Oc1ccc(C2NC=CN2)cc1. The van der Waals surface area contributed by atoms with E-state index in [9.17, 15) is 0 Å². The second-order valence-corrected chi connectivity index (χ2v) is 2.69. The lowest BCUT2D eigenvalue weighted by Crippen LogP contribution is -2.20. The molecule has 3 nitrogen and oxygen atoms in total. The number of aromatic hydroxyl groups is 1. The molecule has 2 rings (SSSR count).